The van der Waals surface area contributed by atoms with Gasteiger partial charge < -0.3 is 19.5 Å². The summed E-state index contributed by atoms with van der Waals surface area (Å²) in [5.41, 5.74) is 0. The standard InChI is InChI=1S/C13H27NO3/c1-3-14-12-6-4-7-13(12)17-9-5-8-16-11-10-15-2/h12-14H,3-11H2,1-2H3. The average Bonchev–Trinajstić information content (AvgIpc) is 2.76. The largest absolute Gasteiger partial charge is 0.382 e. The van der Waals surface area contributed by atoms with Crippen molar-refractivity contribution in [1.82, 2.24) is 5.32 Å². The van der Waals surface area contributed by atoms with Crippen LogP contribution < -0.4 is 5.32 Å². The molecule has 1 aliphatic carbocycles. The van der Waals surface area contributed by atoms with E-state index < -0.39 is 0 Å². The number of methoxy groups -OCH3 is 1. The molecule has 0 aromatic rings. The second-order valence-electron chi connectivity index (χ2n) is 4.46. The highest BCUT2D eigenvalue weighted by Crippen LogP contribution is 2.22. The first-order chi connectivity index (χ1) is 8.38. The molecule has 0 heterocycles. The quantitative estimate of drug-likeness (QED) is 0.593. The molecule has 102 valence electrons. The summed E-state index contributed by atoms with van der Waals surface area (Å²) in [7, 11) is 1.69. The summed E-state index contributed by atoms with van der Waals surface area (Å²) in [6.07, 6.45) is 5.12. The lowest BCUT2D eigenvalue weighted by molar-refractivity contribution is 0.0162. The molecule has 0 bridgehead atoms. The molecule has 1 aliphatic rings. The minimum absolute atomic E-state index is 0.411. The highest BCUT2D eigenvalue weighted by Gasteiger charge is 2.26. The molecule has 0 saturated heterocycles. The van der Waals surface area contributed by atoms with E-state index in [-0.39, 0.29) is 0 Å². The maximum absolute atomic E-state index is 5.90. The van der Waals surface area contributed by atoms with Gasteiger partial charge in [0, 0.05) is 26.4 Å². The Morgan fingerprint density at radius 1 is 1.12 bits per heavy atom. The van der Waals surface area contributed by atoms with Crippen LogP contribution in [0, 0.1) is 0 Å². The smallest absolute Gasteiger partial charge is 0.0728 e. The van der Waals surface area contributed by atoms with Crippen molar-refractivity contribution in [2.45, 2.75) is 44.8 Å². The molecule has 1 fully saturated rings. The highest BCUT2D eigenvalue weighted by atomic mass is 16.5. The predicted molar refractivity (Wildman–Crippen MR) is 68.4 cm³/mol. The van der Waals surface area contributed by atoms with Crippen molar-refractivity contribution in [3.63, 3.8) is 0 Å². The van der Waals surface area contributed by atoms with Gasteiger partial charge in [-0.3, -0.25) is 0 Å². The molecule has 2 unspecified atom stereocenters. The topological polar surface area (TPSA) is 39.7 Å². The molecule has 4 nitrogen and oxygen atoms in total. The lowest BCUT2D eigenvalue weighted by atomic mass is 10.2. The Hall–Kier alpha value is -0.160. The summed E-state index contributed by atoms with van der Waals surface area (Å²) in [5, 5.41) is 3.49. The van der Waals surface area contributed by atoms with Gasteiger partial charge in [0.1, 0.15) is 0 Å². The van der Waals surface area contributed by atoms with Crippen LogP contribution in [0.25, 0.3) is 0 Å². The van der Waals surface area contributed by atoms with Gasteiger partial charge in [-0.2, -0.15) is 0 Å². The van der Waals surface area contributed by atoms with Crippen LogP contribution in [0.2, 0.25) is 0 Å². The van der Waals surface area contributed by atoms with Crippen molar-refractivity contribution in [1.29, 1.82) is 0 Å². The summed E-state index contributed by atoms with van der Waals surface area (Å²) in [6.45, 7) is 6.11. The third-order valence-electron chi connectivity index (χ3n) is 3.12. The van der Waals surface area contributed by atoms with Crippen molar-refractivity contribution >= 4 is 0 Å². The molecular weight excluding hydrogens is 218 g/mol. The molecule has 0 radical (unpaired) electrons. The van der Waals surface area contributed by atoms with Crippen molar-refractivity contribution < 1.29 is 14.2 Å². The lowest BCUT2D eigenvalue weighted by Crippen LogP contribution is -2.37. The van der Waals surface area contributed by atoms with E-state index in [0.717, 1.165) is 26.2 Å². The average molecular weight is 245 g/mol. The molecule has 0 aromatic carbocycles. The Morgan fingerprint density at radius 2 is 2.00 bits per heavy atom. The zero-order valence-corrected chi connectivity index (χ0v) is 11.2. The van der Waals surface area contributed by atoms with Crippen molar-refractivity contribution in [3.8, 4) is 0 Å². The Labute approximate surface area is 105 Å². The molecule has 4 heteroatoms. The molecule has 0 aliphatic heterocycles. The van der Waals surface area contributed by atoms with Gasteiger partial charge in [-0.25, -0.2) is 0 Å². The van der Waals surface area contributed by atoms with Gasteiger partial charge in [-0.1, -0.05) is 6.92 Å². The van der Waals surface area contributed by atoms with Crippen LogP contribution in [0.4, 0.5) is 0 Å². The number of likely N-dealkylation sites (N-methyl/N-ethyl adjacent to an activating group) is 1. The summed E-state index contributed by atoms with van der Waals surface area (Å²) >= 11 is 0. The maximum Gasteiger partial charge on any atom is 0.0728 e. The first-order valence-electron chi connectivity index (χ1n) is 6.80. The number of hydrogen-bond acceptors (Lipinski definition) is 4. The van der Waals surface area contributed by atoms with Gasteiger partial charge in [0.05, 0.1) is 19.3 Å². The normalized spacial score (nSPS) is 24.4. The first-order valence-corrected chi connectivity index (χ1v) is 6.80. The SMILES string of the molecule is CCNC1CCCC1OCCCOCCOC. The van der Waals surface area contributed by atoms with Crippen LogP contribution >= 0.6 is 0 Å². The Bertz CT molecular complexity index is 178. The molecule has 1 rings (SSSR count). The van der Waals surface area contributed by atoms with Gasteiger partial charge in [0.2, 0.25) is 0 Å². The fourth-order valence-corrected chi connectivity index (χ4v) is 2.26. The van der Waals surface area contributed by atoms with Crippen LogP contribution in [0.5, 0.6) is 0 Å². The molecule has 2 atom stereocenters. The van der Waals surface area contributed by atoms with Gasteiger partial charge in [-0.05, 0) is 32.2 Å². The third kappa shape index (κ3) is 6.36. The minimum atomic E-state index is 0.411. The number of hydrogen-bond donors (Lipinski definition) is 1. The van der Waals surface area contributed by atoms with Crippen molar-refractivity contribution in [3.05, 3.63) is 0 Å². The van der Waals surface area contributed by atoms with E-state index in [1.54, 1.807) is 7.11 Å². The minimum Gasteiger partial charge on any atom is -0.382 e. The summed E-state index contributed by atoms with van der Waals surface area (Å²) < 4.78 is 16.2. The second kappa shape index (κ2) is 9.83. The molecule has 1 saturated carbocycles. The molecule has 0 spiro atoms. The van der Waals surface area contributed by atoms with Crippen LogP contribution in [0.1, 0.15) is 32.6 Å². The van der Waals surface area contributed by atoms with Crippen LogP contribution in [-0.4, -0.2) is 52.2 Å². The van der Waals surface area contributed by atoms with E-state index in [1.165, 1.54) is 19.3 Å². The van der Waals surface area contributed by atoms with Crippen molar-refractivity contribution in [2.75, 3.05) is 40.1 Å². The third-order valence-corrected chi connectivity index (χ3v) is 3.12. The van der Waals surface area contributed by atoms with Gasteiger partial charge >= 0.3 is 0 Å². The summed E-state index contributed by atoms with van der Waals surface area (Å²) in [4.78, 5) is 0. The zero-order valence-electron chi connectivity index (χ0n) is 11.2. The predicted octanol–water partition coefficient (Wildman–Crippen LogP) is 1.59. The summed E-state index contributed by atoms with van der Waals surface area (Å²) in [5.74, 6) is 0. The van der Waals surface area contributed by atoms with E-state index in [4.69, 9.17) is 14.2 Å². The molecule has 0 aromatic heterocycles. The molecule has 0 amide bonds. The van der Waals surface area contributed by atoms with E-state index in [0.29, 0.717) is 25.4 Å². The monoisotopic (exact) mass is 245 g/mol. The van der Waals surface area contributed by atoms with Crippen LogP contribution in [0.3, 0.4) is 0 Å². The fraction of sp³-hybridized carbons (Fsp3) is 1.00. The summed E-state index contributed by atoms with van der Waals surface area (Å²) in [6, 6.07) is 0.564. The van der Waals surface area contributed by atoms with E-state index in [9.17, 15) is 0 Å². The fourth-order valence-electron chi connectivity index (χ4n) is 2.26. The van der Waals surface area contributed by atoms with Gasteiger partial charge in [0.15, 0.2) is 0 Å². The number of rotatable bonds is 10. The highest BCUT2D eigenvalue weighted by molar-refractivity contribution is 4.83. The first kappa shape index (κ1) is 14.9. The van der Waals surface area contributed by atoms with Gasteiger partial charge in [-0.15, -0.1) is 0 Å². The van der Waals surface area contributed by atoms with Crippen LogP contribution in [-0.2, 0) is 14.2 Å². The molecular formula is C13H27NO3. The number of nitrogens with one attached hydrogen (secondary N) is 1. The Morgan fingerprint density at radius 3 is 2.76 bits per heavy atom. The van der Waals surface area contributed by atoms with Gasteiger partial charge in [0.25, 0.3) is 0 Å². The second-order valence-corrected chi connectivity index (χ2v) is 4.46. The van der Waals surface area contributed by atoms with E-state index in [1.807, 2.05) is 0 Å². The maximum atomic E-state index is 5.90. The number of ether oxygens (including phenoxy) is 3. The Kier molecular flexibility index (Phi) is 8.61. The Balaban J connectivity index is 1.94. The van der Waals surface area contributed by atoms with E-state index in [2.05, 4.69) is 12.2 Å². The molecule has 1 N–H and O–H groups in total. The lowest BCUT2D eigenvalue weighted by Gasteiger charge is -2.20. The van der Waals surface area contributed by atoms with E-state index >= 15 is 0 Å². The van der Waals surface area contributed by atoms with Crippen LogP contribution in [0.15, 0.2) is 0 Å². The van der Waals surface area contributed by atoms with Crippen molar-refractivity contribution in [2.24, 2.45) is 0 Å². The zero-order chi connectivity index (χ0) is 12.3. The molecule has 17 heavy (non-hydrogen) atoms.